The average Bonchev–Trinajstić information content (AvgIpc) is 2.58. The van der Waals surface area contributed by atoms with Crippen LogP contribution in [0.1, 0.15) is 32.1 Å². The van der Waals surface area contributed by atoms with E-state index in [9.17, 15) is 19.5 Å². The standard InChI is InChI=1S/C15H21N3O5S/c1-23-8-7-24-12-9(11(19)18(12)10(8)13(20)21)17-14(22)15(16)5-3-2-4-6-15/h9,12H,2-7,16H2,1H3,(H,17,22)(H,20,21)/t9-,12+/m1/s1. The fourth-order valence-electron chi connectivity index (χ4n) is 3.44. The van der Waals surface area contributed by atoms with E-state index in [1.165, 1.54) is 23.8 Å². The van der Waals surface area contributed by atoms with E-state index in [2.05, 4.69) is 5.32 Å². The number of hydrogen-bond donors (Lipinski definition) is 3. The highest BCUT2D eigenvalue weighted by Crippen LogP contribution is 2.40. The number of hydrogen-bond acceptors (Lipinski definition) is 6. The number of nitrogens with two attached hydrogens (primary N) is 1. The lowest BCUT2D eigenvalue weighted by molar-refractivity contribution is -0.151. The molecule has 24 heavy (non-hydrogen) atoms. The van der Waals surface area contributed by atoms with Crippen molar-refractivity contribution in [2.24, 2.45) is 5.73 Å². The third kappa shape index (κ3) is 2.65. The fraction of sp³-hybridized carbons (Fsp3) is 0.667. The maximum atomic E-state index is 12.5. The molecule has 0 aromatic rings. The SMILES string of the molecule is COC1=C(C(=O)O)N2C(=O)[C@@H](NC(=O)C3(N)CCCCC3)[C@@H]2SC1. The van der Waals surface area contributed by atoms with E-state index in [1.807, 2.05) is 0 Å². The summed E-state index contributed by atoms with van der Waals surface area (Å²) in [6, 6.07) is -0.738. The number of thioether (sulfide) groups is 1. The van der Waals surface area contributed by atoms with Crippen molar-refractivity contribution in [3.05, 3.63) is 11.5 Å². The van der Waals surface area contributed by atoms with Crippen LogP contribution in [0.25, 0.3) is 0 Å². The summed E-state index contributed by atoms with van der Waals surface area (Å²) in [5.74, 6) is -1.37. The summed E-state index contributed by atoms with van der Waals surface area (Å²) in [5, 5.41) is 11.6. The molecule has 4 N–H and O–H groups in total. The van der Waals surface area contributed by atoms with Gasteiger partial charge in [0.1, 0.15) is 17.2 Å². The summed E-state index contributed by atoms with van der Waals surface area (Å²) >= 11 is 1.37. The second-order valence-electron chi connectivity index (χ2n) is 6.36. The molecular formula is C15H21N3O5S. The second kappa shape index (κ2) is 6.29. The Kier molecular flexibility index (Phi) is 4.48. The topological polar surface area (TPSA) is 122 Å². The molecule has 9 heteroatoms. The van der Waals surface area contributed by atoms with Gasteiger partial charge < -0.3 is 20.9 Å². The van der Waals surface area contributed by atoms with E-state index in [0.717, 1.165) is 19.3 Å². The van der Waals surface area contributed by atoms with Crippen LogP contribution in [0.2, 0.25) is 0 Å². The molecule has 0 bridgehead atoms. The molecule has 0 aromatic carbocycles. The fourth-order valence-corrected chi connectivity index (χ4v) is 4.75. The van der Waals surface area contributed by atoms with Crippen LogP contribution in [-0.4, -0.2) is 57.6 Å². The highest BCUT2D eigenvalue weighted by molar-refractivity contribution is 8.00. The van der Waals surface area contributed by atoms with Crippen molar-refractivity contribution in [3.8, 4) is 0 Å². The van der Waals surface area contributed by atoms with Crippen LogP contribution in [0, 0.1) is 0 Å². The first-order valence-electron chi connectivity index (χ1n) is 7.94. The summed E-state index contributed by atoms with van der Waals surface area (Å²) in [7, 11) is 1.38. The van der Waals surface area contributed by atoms with Crippen LogP contribution in [0.3, 0.4) is 0 Å². The monoisotopic (exact) mass is 355 g/mol. The van der Waals surface area contributed by atoms with Gasteiger partial charge in [0.2, 0.25) is 5.91 Å². The number of fused-ring (bicyclic) bond motifs is 1. The van der Waals surface area contributed by atoms with Gasteiger partial charge in [-0.3, -0.25) is 14.5 Å². The highest BCUT2D eigenvalue weighted by atomic mass is 32.2. The molecule has 132 valence electrons. The number of nitrogens with zero attached hydrogens (tertiary/aromatic N) is 1. The number of carbonyl (C=O) groups excluding carboxylic acids is 2. The molecule has 0 unspecified atom stereocenters. The van der Waals surface area contributed by atoms with Gasteiger partial charge in [-0.2, -0.15) is 0 Å². The van der Waals surface area contributed by atoms with Gasteiger partial charge in [-0.25, -0.2) is 4.79 Å². The number of nitrogens with one attached hydrogen (secondary N) is 1. The predicted octanol–water partition coefficient (Wildman–Crippen LogP) is -0.00950. The molecule has 1 saturated carbocycles. The lowest BCUT2D eigenvalue weighted by atomic mass is 9.81. The molecule has 2 heterocycles. The largest absolute Gasteiger partial charge is 0.498 e. The Balaban J connectivity index is 1.73. The molecule has 2 atom stereocenters. The number of carbonyl (C=O) groups is 3. The summed E-state index contributed by atoms with van der Waals surface area (Å²) in [6.45, 7) is 0. The Hall–Kier alpha value is -1.74. The molecule has 1 saturated heterocycles. The number of aliphatic carboxylic acids is 1. The van der Waals surface area contributed by atoms with Gasteiger partial charge in [-0.05, 0) is 12.8 Å². The van der Waals surface area contributed by atoms with E-state index < -0.39 is 28.8 Å². The molecule has 3 rings (SSSR count). The number of ether oxygens (including phenoxy) is 1. The number of carboxylic acids is 1. The number of rotatable bonds is 4. The molecule has 0 spiro atoms. The smallest absolute Gasteiger partial charge is 0.356 e. The Bertz CT molecular complexity index is 614. The van der Waals surface area contributed by atoms with E-state index in [-0.39, 0.29) is 17.4 Å². The summed E-state index contributed by atoms with van der Waals surface area (Å²) in [5.41, 5.74) is 5.12. The Morgan fingerprint density at radius 3 is 2.62 bits per heavy atom. The average molecular weight is 355 g/mol. The van der Waals surface area contributed by atoms with Crippen molar-refractivity contribution in [1.29, 1.82) is 0 Å². The normalized spacial score (nSPS) is 28.8. The van der Waals surface area contributed by atoms with Crippen LogP contribution < -0.4 is 11.1 Å². The van der Waals surface area contributed by atoms with Crippen molar-refractivity contribution in [1.82, 2.24) is 10.2 Å². The van der Waals surface area contributed by atoms with Crippen LogP contribution in [0.15, 0.2) is 11.5 Å². The molecule has 3 aliphatic rings. The van der Waals surface area contributed by atoms with Crippen molar-refractivity contribution in [2.75, 3.05) is 12.9 Å². The minimum atomic E-state index is -1.21. The first-order valence-corrected chi connectivity index (χ1v) is 8.99. The van der Waals surface area contributed by atoms with E-state index >= 15 is 0 Å². The van der Waals surface area contributed by atoms with Crippen molar-refractivity contribution in [3.63, 3.8) is 0 Å². The van der Waals surface area contributed by atoms with Crippen LogP contribution >= 0.6 is 11.8 Å². The zero-order chi connectivity index (χ0) is 17.5. The zero-order valence-electron chi connectivity index (χ0n) is 13.4. The minimum Gasteiger partial charge on any atom is -0.498 e. The Morgan fingerprint density at radius 1 is 1.38 bits per heavy atom. The molecule has 1 aliphatic carbocycles. The summed E-state index contributed by atoms with van der Waals surface area (Å²) in [6.07, 6.45) is 4.07. The minimum absolute atomic E-state index is 0.142. The lowest BCUT2D eigenvalue weighted by Crippen LogP contribution is -2.72. The van der Waals surface area contributed by atoms with E-state index in [0.29, 0.717) is 18.6 Å². The summed E-state index contributed by atoms with van der Waals surface area (Å²) < 4.78 is 5.07. The maximum absolute atomic E-state index is 12.5. The Morgan fingerprint density at radius 2 is 2.04 bits per heavy atom. The van der Waals surface area contributed by atoms with Gasteiger partial charge in [0.05, 0.1) is 18.4 Å². The van der Waals surface area contributed by atoms with Crippen molar-refractivity contribution < 1.29 is 24.2 Å². The second-order valence-corrected chi connectivity index (χ2v) is 7.46. The molecule has 8 nitrogen and oxygen atoms in total. The van der Waals surface area contributed by atoms with Crippen LogP contribution in [-0.2, 0) is 19.1 Å². The zero-order valence-corrected chi connectivity index (χ0v) is 14.2. The van der Waals surface area contributed by atoms with Gasteiger partial charge in [0.15, 0.2) is 5.70 Å². The van der Waals surface area contributed by atoms with Gasteiger partial charge in [-0.15, -0.1) is 11.8 Å². The predicted molar refractivity (Wildman–Crippen MR) is 86.7 cm³/mol. The molecule has 0 aromatic heterocycles. The van der Waals surface area contributed by atoms with Gasteiger partial charge in [-0.1, -0.05) is 19.3 Å². The van der Waals surface area contributed by atoms with Gasteiger partial charge >= 0.3 is 5.97 Å². The number of amides is 2. The van der Waals surface area contributed by atoms with Crippen molar-refractivity contribution >= 4 is 29.5 Å². The summed E-state index contributed by atoms with van der Waals surface area (Å²) in [4.78, 5) is 37.5. The number of carboxylic acid groups (broad SMARTS) is 1. The third-order valence-electron chi connectivity index (χ3n) is 4.87. The molecule has 0 radical (unpaired) electrons. The molecular weight excluding hydrogens is 334 g/mol. The van der Waals surface area contributed by atoms with Gasteiger partial charge in [0, 0.05) is 0 Å². The first kappa shape index (κ1) is 17.1. The number of methoxy groups -OCH3 is 1. The quantitative estimate of drug-likeness (QED) is 0.606. The van der Waals surface area contributed by atoms with Gasteiger partial charge in [0.25, 0.3) is 5.91 Å². The first-order chi connectivity index (χ1) is 11.4. The van der Waals surface area contributed by atoms with Crippen LogP contribution in [0.5, 0.6) is 0 Å². The maximum Gasteiger partial charge on any atom is 0.356 e. The molecule has 2 fully saturated rings. The molecule has 2 aliphatic heterocycles. The highest BCUT2D eigenvalue weighted by Gasteiger charge is 2.55. The third-order valence-corrected chi connectivity index (χ3v) is 6.12. The lowest BCUT2D eigenvalue weighted by Gasteiger charge is -2.49. The van der Waals surface area contributed by atoms with Crippen molar-refractivity contribution in [2.45, 2.75) is 49.1 Å². The van der Waals surface area contributed by atoms with E-state index in [4.69, 9.17) is 10.5 Å². The number of β-lactam (4-membered cyclic amide) rings is 1. The molecule has 2 amide bonds. The van der Waals surface area contributed by atoms with Crippen LogP contribution in [0.4, 0.5) is 0 Å². The van der Waals surface area contributed by atoms with E-state index in [1.54, 1.807) is 0 Å². The Labute approximate surface area is 143 Å².